The maximum atomic E-state index is 13.8. The zero-order valence-corrected chi connectivity index (χ0v) is 13.4. The maximum absolute atomic E-state index is 13.8. The van der Waals surface area contributed by atoms with Crippen molar-refractivity contribution in [3.63, 3.8) is 0 Å². The molecule has 2 rings (SSSR count). The van der Waals surface area contributed by atoms with Crippen LogP contribution in [0.1, 0.15) is 31.0 Å². The Kier molecular flexibility index (Phi) is 5.60. The molecule has 0 saturated carbocycles. The van der Waals surface area contributed by atoms with E-state index in [-0.39, 0.29) is 11.9 Å². The molecule has 3 unspecified atom stereocenters. The van der Waals surface area contributed by atoms with E-state index in [1.807, 2.05) is 36.5 Å². The van der Waals surface area contributed by atoms with Gasteiger partial charge in [-0.3, -0.25) is 0 Å². The van der Waals surface area contributed by atoms with E-state index in [1.54, 1.807) is 6.07 Å². The molecule has 1 aromatic rings. The lowest BCUT2D eigenvalue weighted by Crippen LogP contribution is -2.37. The molecule has 0 radical (unpaired) electrons. The Labute approximate surface area is 124 Å². The van der Waals surface area contributed by atoms with Gasteiger partial charge in [0.1, 0.15) is 5.82 Å². The molecule has 1 aliphatic rings. The quantitative estimate of drug-likeness (QED) is 0.902. The predicted octanol–water partition coefficient (Wildman–Crippen LogP) is 4.02. The van der Waals surface area contributed by atoms with Gasteiger partial charge in [-0.1, -0.05) is 26.0 Å². The Morgan fingerprint density at radius 1 is 1.37 bits per heavy atom. The SMILES string of the molecule is CCNC(c1ccc(C)c(F)c1)C1SCCSC1C. The molecule has 1 N–H and O–H groups in total. The molecule has 3 atom stereocenters. The molecule has 4 heteroatoms. The number of rotatable bonds is 4. The third kappa shape index (κ3) is 3.67. The molecule has 0 bridgehead atoms. The zero-order chi connectivity index (χ0) is 13.8. The van der Waals surface area contributed by atoms with Crippen LogP contribution in [0.5, 0.6) is 0 Å². The first kappa shape index (κ1) is 15.2. The summed E-state index contributed by atoms with van der Waals surface area (Å²) in [5.74, 6) is 2.32. The largest absolute Gasteiger partial charge is 0.309 e. The van der Waals surface area contributed by atoms with Gasteiger partial charge in [0, 0.05) is 28.0 Å². The van der Waals surface area contributed by atoms with E-state index in [0.717, 1.165) is 17.7 Å². The van der Waals surface area contributed by atoms with Gasteiger partial charge in [-0.15, -0.1) is 0 Å². The van der Waals surface area contributed by atoms with E-state index in [4.69, 9.17) is 0 Å². The minimum Gasteiger partial charge on any atom is -0.309 e. The molecule has 1 fully saturated rings. The Hall–Kier alpha value is -0.190. The number of hydrogen-bond donors (Lipinski definition) is 1. The summed E-state index contributed by atoms with van der Waals surface area (Å²) < 4.78 is 13.8. The molecular formula is C15H22FNS2. The highest BCUT2D eigenvalue weighted by molar-refractivity contribution is 8.07. The monoisotopic (exact) mass is 299 g/mol. The van der Waals surface area contributed by atoms with Crippen molar-refractivity contribution in [3.8, 4) is 0 Å². The third-order valence-corrected chi connectivity index (χ3v) is 6.74. The van der Waals surface area contributed by atoms with Gasteiger partial charge in [0.05, 0.1) is 0 Å². The highest BCUT2D eigenvalue weighted by Gasteiger charge is 2.31. The standard InChI is InChI=1S/C15H22FNS2/c1-4-17-14(15-11(3)18-7-8-19-15)12-6-5-10(2)13(16)9-12/h5-6,9,11,14-15,17H,4,7-8H2,1-3H3. The number of nitrogens with one attached hydrogen (secondary N) is 1. The summed E-state index contributed by atoms with van der Waals surface area (Å²) in [5, 5.41) is 4.66. The molecule has 0 aromatic heterocycles. The van der Waals surface area contributed by atoms with Crippen LogP contribution in [0.25, 0.3) is 0 Å². The fourth-order valence-corrected chi connectivity index (χ4v) is 5.41. The highest BCUT2D eigenvalue weighted by atomic mass is 32.2. The molecule has 1 saturated heterocycles. The van der Waals surface area contributed by atoms with Gasteiger partial charge in [-0.05, 0) is 30.7 Å². The van der Waals surface area contributed by atoms with Crippen LogP contribution in [0.2, 0.25) is 0 Å². The molecule has 106 valence electrons. The smallest absolute Gasteiger partial charge is 0.126 e. The fourth-order valence-electron chi connectivity index (χ4n) is 2.46. The van der Waals surface area contributed by atoms with Crippen LogP contribution < -0.4 is 5.32 Å². The van der Waals surface area contributed by atoms with Crippen molar-refractivity contribution in [1.82, 2.24) is 5.32 Å². The fraction of sp³-hybridized carbons (Fsp3) is 0.600. The summed E-state index contributed by atoms with van der Waals surface area (Å²) in [6, 6.07) is 5.90. The number of halogens is 1. The first-order valence-electron chi connectivity index (χ1n) is 6.86. The predicted molar refractivity (Wildman–Crippen MR) is 85.7 cm³/mol. The number of benzene rings is 1. The van der Waals surface area contributed by atoms with Crippen molar-refractivity contribution >= 4 is 23.5 Å². The minimum absolute atomic E-state index is 0.0958. The van der Waals surface area contributed by atoms with E-state index in [1.165, 1.54) is 11.5 Å². The lowest BCUT2D eigenvalue weighted by atomic mass is 10.00. The average molecular weight is 299 g/mol. The van der Waals surface area contributed by atoms with Crippen molar-refractivity contribution in [3.05, 3.63) is 35.1 Å². The van der Waals surface area contributed by atoms with Crippen molar-refractivity contribution in [2.24, 2.45) is 0 Å². The first-order chi connectivity index (χ1) is 9.13. The van der Waals surface area contributed by atoms with Crippen LogP contribution in [-0.4, -0.2) is 28.6 Å². The van der Waals surface area contributed by atoms with Crippen molar-refractivity contribution in [1.29, 1.82) is 0 Å². The second kappa shape index (κ2) is 7.00. The third-order valence-electron chi connectivity index (χ3n) is 3.54. The molecule has 1 aromatic carbocycles. The summed E-state index contributed by atoms with van der Waals surface area (Å²) in [7, 11) is 0. The van der Waals surface area contributed by atoms with Gasteiger partial charge >= 0.3 is 0 Å². The summed E-state index contributed by atoms with van der Waals surface area (Å²) >= 11 is 4.05. The topological polar surface area (TPSA) is 12.0 Å². The molecule has 0 aliphatic carbocycles. The molecule has 19 heavy (non-hydrogen) atoms. The van der Waals surface area contributed by atoms with Gasteiger partial charge in [-0.25, -0.2) is 4.39 Å². The van der Waals surface area contributed by atoms with E-state index in [0.29, 0.717) is 10.5 Å². The second-order valence-corrected chi connectivity index (χ2v) is 7.73. The summed E-state index contributed by atoms with van der Waals surface area (Å²) in [5.41, 5.74) is 1.80. The number of thioether (sulfide) groups is 2. The minimum atomic E-state index is -0.0958. The second-order valence-electron chi connectivity index (χ2n) is 4.96. The Bertz CT molecular complexity index is 425. The summed E-state index contributed by atoms with van der Waals surface area (Å²) in [6.45, 7) is 7.13. The maximum Gasteiger partial charge on any atom is 0.126 e. The summed E-state index contributed by atoms with van der Waals surface area (Å²) in [4.78, 5) is 0. The Morgan fingerprint density at radius 2 is 2.11 bits per heavy atom. The van der Waals surface area contributed by atoms with E-state index in [9.17, 15) is 4.39 Å². The van der Waals surface area contributed by atoms with Crippen LogP contribution in [0.4, 0.5) is 4.39 Å². The Morgan fingerprint density at radius 3 is 2.74 bits per heavy atom. The summed E-state index contributed by atoms with van der Waals surface area (Å²) in [6.07, 6.45) is 0. The Balaban J connectivity index is 2.25. The molecule has 1 nitrogen and oxygen atoms in total. The molecular weight excluding hydrogens is 277 g/mol. The normalized spacial score (nSPS) is 25.3. The van der Waals surface area contributed by atoms with Crippen LogP contribution in [0, 0.1) is 12.7 Å². The molecule has 0 spiro atoms. The lowest BCUT2D eigenvalue weighted by molar-refractivity contribution is 0.520. The zero-order valence-electron chi connectivity index (χ0n) is 11.8. The van der Waals surface area contributed by atoms with E-state index < -0.39 is 0 Å². The first-order valence-corrected chi connectivity index (χ1v) is 8.96. The van der Waals surface area contributed by atoms with Gasteiger partial charge in [0.15, 0.2) is 0 Å². The van der Waals surface area contributed by atoms with Crippen LogP contribution in [0.3, 0.4) is 0 Å². The average Bonchev–Trinajstić information content (AvgIpc) is 2.40. The van der Waals surface area contributed by atoms with Crippen LogP contribution >= 0.6 is 23.5 Å². The van der Waals surface area contributed by atoms with Crippen molar-refractivity contribution in [2.75, 3.05) is 18.1 Å². The number of aryl methyl sites for hydroxylation is 1. The highest BCUT2D eigenvalue weighted by Crippen LogP contribution is 2.38. The van der Waals surface area contributed by atoms with Crippen LogP contribution in [-0.2, 0) is 0 Å². The molecule has 1 heterocycles. The molecule has 1 aliphatic heterocycles. The van der Waals surface area contributed by atoms with Crippen molar-refractivity contribution < 1.29 is 4.39 Å². The lowest BCUT2D eigenvalue weighted by Gasteiger charge is -2.35. The van der Waals surface area contributed by atoms with Gasteiger partial charge in [-0.2, -0.15) is 23.5 Å². The van der Waals surface area contributed by atoms with Gasteiger partial charge in [0.25, 0.3) is 0 Å². The van der Waals surface area contributed by atoms with Crippen LogP contribution in [0.15, 0.2) is 18.2 Å². The number of hydrogen-bond acceptors (Lipinski definition) is 3. The van der Waals surface area contributed by atoms with Crippen molar-refractivity contribution in [2.45, 2.75) is 37.3 Å². The van der Waals surface area contributed by atoms with E-state index in [2.05, 4.69) is 25.2 Å². The molecule has 0 amide bonds. The van der Waals surface area contributed by atoms with Gasteiger partial charge in [0.2, 0.25) is 0 Å². The van der Waals surface area contributed by atoms with Gasteiger partial charge < -0.3 is 5.32 Å². The van der Waals surface area contributed by atoms with E-state index >= 15 is 0 Å².